The van der Waals surface area contributed by atoms with Gasteiger partial charge in [-0.1, -0.05) is 66.7 Å². The molecule has 0 spiro atoms. The second-order valence-corrected chi connectivity index (χ2v) is 10.2. The molecule has 0 atom stereocenters. The molecule has 4 aromatic carbocycles. The number of hydrogen-bond acceptors (Lipinski definition) is 3. The number of furan rings is 1. The minimum Gasteiger partial charge on any atom is -0.460 e. The van der Waals surface area contributed by atoms with Gasteiger partial charge in [0.2, 0.25) is 0 Å². The van der Waals surface area contributed by atoms with Crippen molar-refractivity contribution in [3.8, 4) is 45.4 Å². The molecule has 0 amide bonds. The smallest absolute Gasteiger partial charge is 0.134 e. The standard InChI is InChI=1S/C36H23N3O/c37-22-26-11-7-19-38-35(26)25-10-5-8-23(20-25)24-9-6-12-27(21-24)39-31-15-3-1-13-28(31)29-17-18-33-34(36(29)39)30-14-2-4-16-32(30)40-33/h1-16,19-21H,17-18H2. The van der Waals surface area contributed by atoms with Crippen molar-refractivity contribution in [3.63, 3.8) is 0 Å². The van der Waals surface area contributed by atoms with Gasteiger partial charge in [-0.05, 0) is 65.6 Å². The van der Waals surface area contributed by atoms with Crippen LogP contribution in [0.25, 0.3) is 61.2 Å². The van der Waals surface area contributed by atoms with Gasteiger partial charge in [0, 0.05) is 40.2 Å². The molecule has 0 radical (unpaired) electrons. The fourth-order valence-electron chi connectivity index (χ4n) is 6.26. The number of aromatic nitrogens is 2. The third-order valence-corrected chi connectivity index (χ3v) is 7.99. The molecule has 188 valence electrons. The molecule has 0 bridgehead atoms. The van der Waals surface area contributed by atoms with Crippen LogP contribution in [-0.2, 0) is 12.8 Å². The lowest BCUT2D eigenvalue weighted by Crippen LogP contribution is -2.05. The molecule has 40 heavy (non-hydrogen) atoms. The zero-order valence-corrected chi connectivity index (χ0v) is 21.6. The fourth-order valence-corrected chi connectivity index (χ4v) is 6.26. The molecule has 0 N–H and O–H groups in total. The van der Waals surface area contributed by atoms with E-state index < -0.39 is 0 Å². The van der Waals surface area contributed by atoms with E-state index >= 15 is 0 Å². The van der Waals surface area contributed by atoms with Gasteiger partial charge < -0.3 is 8.98 Å². The number of fused-ring (bicyclic) bond motifs is 7. The zero-order valence-electron chi connectivity index (χ0n) is 21.6. The maximum Gasteiger partial charge on any atom is 0.134 e. The summed E-state index contributed by atoms with van der Waals surface area (Å²) in [7, 11) is 0. The lowest BCUT2D eigenvalue weighted by atomic mass is 9.92. The first kappa shape index (κ1) is 22.6. The van der Waals surface area contributed by atoms with Gasteiger partial charge in [0.15, 0.2) is 0 Å². The third-order valence-electron chi connectivity index (χ3n) is 7.99. The maximum absolute atomic E-state index is 9.61. The summed E-state index contributed by atoms with van der Waals surface area (Å²) in [4.78, 5) is 4.50. The summed E-state index contributed by atoms with van der Waals surface area (Å²) < 4.78 is 8.77. The van der Waals surface area contributed by atoms with Gasteiger partial charge in [0.05, 0.1) is 22.5 Å². The Morgan fingerprint density at radius 3 is 2.40 bits per heavy atom. The minimum atomic E-state index is 0.571. The summed E-state index contributed by atoms with van der Waals surface area (Å²) in [6.45, 7) is 0. The first-order valence-electron chi connectivity index (χ1n) is 13.5. The summed E-state index contributed by atoms with van der Waals surface area (Å²) in [5.41, 5.74) is 11.4. The van der Waals surface area contributed by atoms with Gasteiger partial charge in [-0.15, -0.1) is 0 Å². The molecule has 7 aromatic rings. The van der Waals surface area contributed by atoms with E-state index in [1.165, 1.54) is 27.7 Å². The Morgan fingerprint density at radius 2 is 1.50 bits per heavy atom. The topological polar surface area (TPSA) is 54.8 Å². The van der Waals surface area contributed by atoms with Crippen LogP contribution in [0.2, 0.25) is 0 Å². The van der Waals surface area contributed by atoms with E-state index in [4.69, 9.17) is 4.42 Å². The van der Waals surface area contributed by atoms with Crippen LogP contribution < -0.4 is 0 Å². The summed E-state index contributed by atoms with van der Waals surface area (Å²) >= 11 is 0. The highest BCUT2D eigenvalue weighted by Gasteiger charge is 2.29. The van der Waals surface area contributed by atoms with E-state index in [1.54, 1.807) is 12.3 Å². The van der Waals surface area contributed by atoms with Crippen molar-refractivity contribution in [3.05, 3.63) is 132 Å². The van der Waals surface area contributed by atoms with Crippen LogP contribution in [0.1, 0.15) is 16.9 Å². The van der Waals surface area contributed by atoms with Crippen molar-refractivity contribution >= 4 is 21.9 Å². The van der Waals surface area contributed by atoms with Crippen molar-refractivity contribution in [2.24, 2.45) is 0 Å². The van der Waals surface area contributed by atoms with E-state index in [1.807, 2.05) is 24.3 Å². The Bertz CT molecular complexity index is 2140. The van der Waals surface area contributed by atoms with Crippen LogP contribution >= 0.6 is 0 Å². The summed E-state index contributed by atoms with van der Waals surface area (Å²) in [5.74, 6) is 1.06. The second kappa shape index (κ2) is 8.83. The molecule has 3 heterocycles. The quantitative estimate of drug-likeness (QED) is 0.237. The molecular weight excluding hydrogens is 490 g/mol. The molecule has 3 aromatic heterocycles. The number of nitriles is 1. The molecule has 8 rings (SSSR count). The van der Waals surface area contributed by atoms with E-state index in [0.29, 0.717) is 11.3 Å². The van der Waals surface area contributed by atoms with Crippen LogP contribution in [0.4, 0.5) is 0 Å². The summed E-state index contributed by atoms with van der Waals surface area (Å²) in [5, 5.41) is 12.1. The van der Waals surface area contributed by atoms with Crippen LogP contribution in [0.5, 0.6) is 0 Å². The highest BCUT2D eigenvalue weighted by molar-refractivity contribution is 6.03. The molecule has 1 aliphatic carbocycles. The van der Waals surface area contributed by atoms with Crippen molar-refractivity contribution in [2.75, 3.05) is 0 Å². The first-order valence-corrected chi connectivity index (χ1v) is 13.5. The summed E-state index contributed by atoms with van der Waals surface area (Å²) in [6, 6.07) is 39.9. The molecule has 4 nitrogen and oxygen atoms in total. The lowest BCUT2D eigenvalue weighted by molar-refractivity contribution is 0.545. The average molecular weight is 514 g/mol. The van der Waals surface area contributed by atoms with Crippen molar-refractivity contribution in [1.29, 1.82) is 5.26 Å². The molecule has 0 unspecified atom stereocenters. The van der Waals surface area contributed by atoms with Gasteiger partial charge in [0.25, 0.3) is 0 Å². The fraction of sp³-hybridized carbons (Fsp3) is 0.0556. The third kappa shape index (κ3) is 3.35. The minimum absolute atomic E-state index is 0.571. The number of rotatable bonds is 3. The Balaban J connectivity index is 1.34. The number of benzene rings is 4. The van der Waals surface area contributed by atoms with E-state index in [9.17, 15) is 5.26 Å². The van der Waals surface area contributed by atoms with Crippen molar-refractivity contribution < 1.29 is 4.42 Å². The molecule has 0 saturated carbocycles. The number of pyridine rings is 1. The van der Waals surface area contributed by atoms with E-state index in [0.717, 1.165) is 51.9 Å². The van der Waals surface area contributed by atoms with Gasteiger partial charge in [-0.3, -0.25) is 4.98 Å². The molecule has 4 heteroatoms. The van der Waals surface area contributed by atoms with Crippen LogP contribution in [-0.4, -0.2) is 9.55 Å². The first-order chi connectivity index (χ1) is 19.8. The SMILES string of the molecule is N#Cc1cccnc1-c1cccc(-c2cccc(-n3c4c(c5ccccc53)CCc3oc5ccccc5c3-4)c2)c1. The number of para-hydroxylation sites is 2. The van der Waals surface area contributed by atoms with Gasteiger partial charge in [-0.2, -0.15) is 5.26 Å². The van der Waals surface area contributed by atoms with Crippen LogP contribution in [0.3, 0.4) is 0 Å². The number of nitrogens with zero attached hydrogens (tertiary/aromatic N) is 3. The molecule has 1 aliphatic rings. The van der Waals surface area contributed by atoms with Crippen molar-refractivity contribution in [2.45, 2.75) is 12.8 Å². The van der Waals surface area contributed by atoms with Gasteiger partial charge in [-0.25, -0.2) is 0 Å². The molecular formula is C36H23N3O. The highest BCUT2D eigenvalue weighted by atomic mass is 16.3. The monoisotopic (exact) mass is 513 g/mol. The lowest BCUT2D eigenvalue weighted by Gasteiger charge is -2.17. The zero-order chi connectivity index (χ0) is 26.6. The van der Waals surface area contributed by atoms with Crippen LogP contribution in [0, 0.1) is 11.3 Å². The number of aryl methyl sites for hydroxylation is 2. The normalized spacial score (nSPS) is 12.3. The van der Waals surface area contributed by atoms with Gasteiger partial charge in [0.1, 0.15) is 17.4 Å². The highest BCUT2D eigenvalue weighted by Crippen LogP contribution is 2.46. The van der Waals surface area contributed by atoms with E-state index in [-0.39, 0.29) is 0 Å². The Morgan fingerprint density at radius 1 is 0.725 bits per heavy atom. The summed E-state index contributed by atoms with van der Waals surface area (Å²) in [6.07, 6.45) is 3.58. The predicted molar refractivity (Wildman–Crippen MR) is 159 cm³/mol. The second-order valence-electron chi connectivity index (χ2n) is 10.2. The van der Waals surface area contributed by atoms with Crippen LogP contribution in [0.15, 0.2) is 120 Å². The molecule has 0 saturated heterocycles. The Labute approximate surface area is 231 Å². The Kier molecular flexibility index (Phi) is 4.98. The number of hydrogen-bond donors (Lipinski definition) is 0. The van der Waals surface area contributed by atoms with Gasteiger partial charge >= 0.3 is 0 Å². The predicted octanol–water partition coefficient (Wildman–Crippen LogP) is 8.74. The Hall–Kier alpha value is -5.40. The van der Waals surface area contributed by atoms with Crippen molar-refractivity contribution in [1.82, 2.24) is 9.55 Å². The maximum atomic E-state index is 9.61. The van der Waals surface area contributed by atoms with E-state index in [2.05, 4.69) is 94.5 Å². The molecule has 0 fully saturated rings. The largest absolute Gasteiger partial charge is 0.460 e. The molecule has 0 aliphatic heterocycles. The average Bonchev–Trinajstić information content (AvgIpc) is 3.57.